The third kappa shape index (κ3) is 4.18. The second kappa shape index (κ2) is 8.82. The molecule has 6 heteroatoms. The highest BCUT2D eigenvalue weighted by Crippen LogP contribution is 2.45. The van der Waals surface area contributed by atoms with Crippen molar-refractivity contribution in [2.75, 3.05) is 14.2 Å². The van der Waals surface area contributed by atoms with Crippen molar-refractivity contribution in [1.82, 2.24) is 0 Å². The summed E-state index contributed by atoms with van der Waals surface area (Å²) >= 11 is 1.23. The lowest BCUT2D eigenvalue weighted by Gasteiger charge is -2.35. The number of methoxy groups -OCH3 is 2. The van der Waals surface area contributed by atoms with Gasteiger partial charge >= 0.3 is 5.97 Å². The molecule has 2 aliphatic rings. The van der Waals surface area contributed by atoms with Gasteiger partial charge in [0.25, 0.3) is 0 Å². The first-order valence-corrected chi connectivity index (χ1v) is 11.5. The molecule has 2 fully saturated rings. The van der Waals surface area contributed by atoms with Gasteiger partial charge < -0.3 is 19.3 Å². The summed E-state index contributed by atoms with van der Waals surface area (Å²) in [4.78, 5) is 12.1. The van der Waals surface area contributed by atoms with Crippen LogP contribution in [0.1, 0.15) is 67.5 Å². The Labute approximate surface area is 176 Å². The average molecular weight is 419 g/mol. The summed E-state index contributed by atoms with van der Waals surface area (Å²) in [5.74, 6) is 2.42. The van der Waals surface area contributed by atoms with Crippen molar-refractivity contribution in [2.45, 2.75) is 63.9 Å². The zero-order valence-electron chi connectivity index (χ0n) is 17.2. The van der Waals surface area contributed by atoms with Crippen LogP contribution in [0, 0.1) is 11.8 Å². The van der Waals surface area contributed by atoms with Crippen LogP contribution in [0.15, 0.2) is 12.1 Å². The van der Waals surface area contributed by atoms with E-state index in [1.807, 2.05) is 12.1 Å². The molecule has 2 aliphatic carbocycles. The number of hydrogen-bond acceptors (Lipinski definition) is 5. The van der Waals surface area contributed by atoms with Crippen molar-refractivity contribution in [3.63, 3.8) is 0 Å². The van der Waals surface area contributed by atoms with E-state index in [4.69, 9.17) is 14.2 Å². The van der Waals surface area contributed by atoms with Gasteiger partial charge in [-0.05, 0) is 43.6 Å². The fourth-order valence-electron chi connectivity index (χ4n) is 5.11. The summed E-state index contributed by atoms with van der Waals surface area (Å²) in [6, 6.07) is 3.66. The van der Waals surface area contributed by atoms with Crippen LogP contribution in [0.3, 0.4) is 0 Å². The highest BCUT2D eigenvalue weighted by molar-refractivity contribution is 7.21. The number of carbonyl (C=O) groups is 1. The van der Waals surface area contributed by atoms with Gasteiger partial charge in [0, 0.05) is 16.2 Å². The van der Waals surface area contributed by atoms with Gasteiger partial charge in [-0.3, -0.25) is 0 Å². The smallest absolute Gasteiger partial charge is 0.349 e. The van der Waals surface area contributed by atoms with E-state index < -0.39 is 5.97 Å². The van der Waals surface area contributed by atoms with Gasteiger partial charge in [0.05, 0.1) is 20.3 Å². The van der Waals surface area contributed by atoms with E-state index in [2.05, 4.69) is 0 Å². The summed E-state index contributed by atoms with van der Waals surface area (Å²) in [5.41, 5.74) is 0. The Morgan fingerprint density at radius 1 is 0.931 bits per heavy atom. The molecule has 158 valence electrons. The number of carboxylic acid groups (broad SMARTS) is 1. The quantitative estimate of drug-likeness (QED) is 0.611. The average Bonchev–Trinajstić information content (AvgIpc) is 3.11. The zero-order valence-corrected chi connectivity index (χ0v) is 18.1. The van der Waals surface area contributed by atoms with E-state index in [9.17, 15) is 9.90 Å². The predicted molar refractivity (Wildman–Crippen MR) is 115 cm³/mol. The van der Waals surface area contributed by atoms with Gasteiger partial charge in [-0.15, -0.1) is 11.3 Å². The van der Waals surface area contributed by atoms with Gasteiger partial charge in [0.15, 0.2) is 22.1 Å². The number of aromatic carboxylic acids is 1. The van der Waals surface area contributed by atoms with Gasteiger partial charge in [0.1, 0.15) is 0 Å². The van der Waals surface area contributed by atoms with Crippen LogP contribution >= 0.6 is 11.3 Å². The first-order chi connectivity index (χ1) is 14.1. The molecule has 0 amide bonds. The molecule has 1 aromatic heterocycles. The van der Waals surface area contributed by atoms with Crippen molar-refractivity contribution < 1.29 is 24.1 Å². The summed E-state index contributed by atoms with van der Waals surface area (Å²) in [6.07, 6.45) is 11.4. The molecule has 0 aliphatic heterocycles. The van der Waals surface area contributed by atoms with Gasteiger partial charge in [-0.25, -0.2) is 4.79 Å². The van der Waals surface area contributed by atoms with E-state index in [0.29, 0.717) is 17.2 Å². The number of ether oxygens (including phenoxy) is 3. The summed E-state index contributed by atoms with van der Waals surface area (Å²) in [6.45, 7) is 0. The number of fused-ring (bicyclic) bond motifs is 1. The molecule has 1 heterocycles. The van der Waals surface area contributed by atoms with Crippen LogP contribution in [-0.4, -0.2) is 31.4 Å². The monoisotopic (exact) mass is 418 g/mol. The van der Waals surface area contributed by atoms with Crippen LogP contribution in [0.5, 0.6) is 17.2 Å². The molecular weight excluding hydrogens is 388 g/mol. The van der Waals surface area contributed by atoms with Gasteiger partial charge in [-0.1, -0.05) is 32.1 Å². The summed E-state index contributed by atoms with van der Waals surface area (Å²) in [7, 11) is 3.17. The molecule has 2 aromatic rings. The third-order valence-electron chi connectivity index (χ3n) is 6.66. The summed E-state index contributed by atoms with van der Waals surface area (Å²) in [5, 5.41) is 10.5. The maximum absolute atomic E-state index is 11.9. The van der Waals surface area contributed by atoms with E-state index >= 15 is 0 Å². The largest absolute Gasteiger partial charge is 0.493 e. The molecule has 2 saturated carbocycles. The van der Waals surface area contributed by atoms with E-state index in [1.54, 1.807) is 14.2 Å². The topological polar surface area (TPSA) is 65.0 Å². The van der Waals surface area contributed by atoms with Gasteiger partial charge in [0.2, 0.25) is 0 Å². The minimum atomic E-state index is -0.949. The van der Waals surface area contributed by atoms with Crippen molar-refractivity contribution in [1.29, 1.82) is 0 Å². The Hall–Kier alpha value is -1.95. The number of benzene rings is 1. The normalized spacial score (nSPS) is 23.1. The molecule has 0 atom stereocenters. The molecule has 0 bridgehead atoms. The SMILES string of the molecule is COc1cc2sc(C(=O)O)c(OC3CCC(C4CCCCC4)CC3)c2cc1OC. The Morgan fingerprint density at radius 3 is 2.17 bits per heavy atom. The Bertz CT molecular complexity index is 860. The zero-order chi connectivity index (χ0) is 20.4. The fourth-order valence-corrected chi connectivity index (χ4v) is 6.09. The highest BCUT2D eigenvalue weighted by atomic mass is 32.1. The third-order valence-corrected chi connectivity index (χ3v) is 7.78. The molecular formula is C23H30O5S. The molecule has 0 radical (unpaired) electrons. The van der Waals surface area contributed by atoms with Crippen LogP contribution < -0.4 is 14.2 Å². The minimum absolute atomic E-state index is 0.0823. The van der Waals surface area contributed by atoms with E-state index in [1.165, 1.54) is 56.3 Å². The Kier molecular flexibility index (Phi) is 6.18. The molecule has 29 heavy (non-hydrogen) atoms. The standard InChI is InChI=1S/C23H30O5S/c1-26-18-12-17-20(13-19(18)27-2)29-22(23(24)25)21(17)28-16-10-8-15(9-11-16)14-6-4-3-5-7-14/h12-16H,3-11H2,1-2H3,(H,24,25). The molecule has 4 rings (SSSR count). The highest BCUT2D eigenvalue weighted by Gasteiger charge is 2.31. The second-order valence-corrected chi connectivity index (χ2v) is 9.37. The predicted octanol–water partition coefficient (Wildman–Crippen LogP) is 6.13. The van der Waals surface area contributed by atoms with Crippen LogP contribution in [0.2, 0.25) is 0 Å². The Balaban J connectivity index is 1.54. The second-order valence-electron chi connectivity index (χ2n) is 8.32. The molecule has 1 aromatic carbocycles. The lowest BCUT2D eigenvalue weighted by molar-refractivity contribution is 0.0685. The molecule has 1 N–H and O–H groups in total. The van der Waals surface area contributed by atoms with Crippen molar-refractivity contribution in [2.24, 2.45) is 11.8 Å². The maximum atomic E-state index is 11.9. The number of rotatable bonds is 6. The van der Waals surface area contributed by atoms with Crippen molar-refractivity contribution >= 4 is 27.4 Å². The number of thiophene rings is 1. The van der Waals surface area contributed by atoms with E-state index in [0.717, 1.165) is 34.8 Å². The number of carboxylic acids is 1. The van der Waals surface area contributed by atoms with E-state index in [-0.39, 0.29) is 11.0 Å². The molecule has 0 spiro atoms. The summed E-state index contributed by atoms with van der Waals surface area (Å²) < 4.78 is 18.0. The Morgan fingerprint density at radius 2 is 1.55 bits per heavy atom. The van der Waals surface area contributed by atoms with Gasteiger partial charge in [-0.2, -0.15) is 0 Å². The fraction of sp³-hybridized carbons (Fsp3) is 0.609. The molecule has 5 nitrogen and oxygen atoms in total. The lowest BCUT2D eigenvalue weighted by Crippen LogP contribution is -2.29. The van der Waals surface area contributed by atoms with Crippen LogP contribution in [0.25, 0.3) is 10.1 Å². The first-order valence-electron chi connectivity index (χ1n) is 10.7. The molecule has 0 saturated heterocycles. The van der Waals surface area contributed by atoms with Crippen LogP contribution in [-0.2, 0) is 0 Å². The van der Waals surface area contributed by atoms with Crippen LogP contribution in [0.4, 0.5) is 0 Å². The maximum Gasteiger partial charge on any atom is 0.349 e. The number of hydrogen-bond donors (Lipinski definition) is 1. The van der Waals surface area contributed by atoms with Crippen molar-refractivity contribution in [3.05, 3.63) is 17.0 Å². The molecule has 0 unspecified atom stereocenters. The lowest BCUT2D eigenvalue weighted by atomic mass is 9.73. The minimum Gasteiger partial charge on any atom is -0.493 e. The first kappa shape index (κ1) is 20.3. The van der Waals surface area contributed by atoms with Crippen molar-refractivity contribution in [3.8, 4) is 17.2 Å².